The van der Waals surface area contributed by atoms with Gasteiger partial charge < -0.3 is 11.1 Å². The number of anilines is 1. The van der Waals surface area contributed by atoms with Crippen molar-refractivity contribution in [2.24, 2.45) is 11.7 Å². The van der Waals surface area contributed by atoms with Crippen molar-refractivity contribution < 1.29 is 17.6 Å². The third-order valence-corrected chi connectivity index (χ3v) is 3.69. The molecule has 7 heteroatoms. The predicted octanol–water partition coefficient (Wildman–Crippen LogP) is 1.15. The molecule has 0 aromatic heterocycles. The van der Waals surface area contributed by atoms with Crippen molar-refractivity contribution in [1.29, 1.82) is 0 Å². The van der Waals surface area contributed by atoms with Gasteiger partial charge in [0.1, 0.15) is 5.82 Å². The second-order valence-electron chi connectivity index (χ2n) is 4.51. The largest absolute Gasteiger partial charge is 0.330 e. The number of hydrogen-bond donors (Lipinski definition) is 2. The minimum absolute atomic E-state index is 0.0267. The highest BCUT2D eigenvalue weighted by Crippen LogP contribution is 2.20. The number of carbonyl (C=O) groups is 1. The summed E-state index contributed by atoms with van der Waals surface area (Å²) in [5.41, 5.74) is 5.25. The monoisotopic (exact) mass is 288 g/mol. The average molecular weight is 288 g/mol. The summed E-state index contributed by atoms with van der Waals surface area (Å²) >= 11 is 0. The second-order valence-corrected chi connectivity index (χ2v) is 6.52. The summed E-state index contributed by atoms with van der Waals surface area (Å²) in [6.07, 6.45) is 1.17. The highest BCUT2D eigenvalue weighted by Gasteiger charge is 2.14. The smallest absolute Gasteiger partial charge is 0.224 e. The van der Waals surface area contributed by atoms with E-state index in [4.69, 9.17) is 5.73 Å². The zero-order valence-corrected chi connectivity index (χ0v) is 11.6. The number of sulfone groups is 1. The summed E-state index contributed by atoms with van der Waals surface area (Å²) < 4.78 is 36.2. The van der Waals surface area contributed by atoms with Crippen LogP contribution in [0.2, 0.25) is 0 Å². The summed E-state index contributed by atoms with van der Waals surface area (Å²) in [5.74, 6) is -1.11. The number of benzene rings is 1. The fourth-order valence-corrected chi connectivity index (χ4v) is 2.08. The first kappa shape index (κ1) is 15.6. The molecule has 0 aliphatic carbocycles. The molecule has 0 saturated carbocycles. The van der Waals surface area contributed by atoms with Crippen LogP contribution in [0.15, 0.2) is 23.1 Å². The van der Waals surface area contributed by atoms with E-state index in [9.17, 15) is 17.6 Å². The first-order valence-electron chi connectivity index (χ1n) is 5.73. The lowest BCUT2D eigenvalue weighted by Crippen LogP contribution is -2.20. The Kier molecular flexibility index (Phi) is 5.02. The van der Waals surface area contributed by atoms with Crippen molar-refractivity contribution >= 4 is 21.4 Å². The van der Waals surface area contributed by atoms with E-state index in [0.717, 1.165) is 24.5 Å². The van der Waals surface area contributed by atoms with Crippen LogP contribution in [0, 0.1) is 11.7 Å². The number of nitrogens with one attached hydrogen (secondary N) is 1. The lowest BCUT2D eigenvalue weighted by molar-refractivity contribution is -0.116. The van der Waals surface area contributed by atoms with Crippen LogP contribution in [-0.2, 0) is 14.6 Å². The Hall–Kier alpha value is -1.47. The number of nitrogens with two attached hydrogens (primary N) is 1. The van der Waals surface area contributed by atoms with E-state index in [-0.39, 0.29) is 22.9 Å². The Labute approximate surface area is 111 Å². The van der Waals surface area contributed by atoms with E-state index in [2.05, 4.69) is 5.32 Å². The molecule has 1 rings (SSSR count). The van der Waals surface area contributed by atoms with Crippen molar-refractivity contribution in [2.75, 3.05) is 18.1 Å². The fourth-order valence-electron chi connectivity index (χ4n) is 1.43. The number of halogens is 1. The quantitative estimate of drug-likeness (QED) is 0.795. The van der Waals surface area contributed by atoms with Gasteiger partial charge in [-0.2, -0.15) is 0 Å². The zero-order valence-electron chi connectivity index (χ0n) is 10.8. The molecular formula is C12H17FN2O3S. The number of hydrogen-bond acceptors (Lipinski definition) is 4. The van der Waals surface area contributed by atoms with Gasteiger partial charge >= 0.3 is 0 Å². The Balaban J connectivity index is 2.92. The normalized spacial score (nSPS) is 13.1. The minimum atomic E-state index is -3.44. The highest BCUT2D eigenvalue weighted by atomic mass is 32.2. The predicted molar refractivity (Wildman–Crippen MR) is 71.0 cm³/mol. The van der Waals surface area contributed by atoms with Crippen LogP contribution in [0.5, 0.6) is 0 Å². The molecule has 0 spiro atoms. The number of rotatable bonds is 5. The Morgan fingerprint density at radius 2 is 2.11 bits per heavy atom. The van der Waals surface area contributed by atoms with Crippen molar-refractivity contribution in [3.63, 3.8) is 0 Å². The Bertz CT molecular complexity index is 572. The zero-order chi connectivity index (χ0) is 14.6. The topological polar surface area (TPSA) is 89.3 Å². The summed E-state index contributed by atoms with van der Waals surface area (Å²) in [6.45, 7) is 2.14. The highest BCUT2D eigenvalue weighted by molar-refractivity contribution is 7.90. The third kappa shape index (κ3) is 4.60. The van der Waals surface area contributed by atoms with E-state index < -0.39 is 21.6 Å². The molecule has 1 amide bonds. The lowest BCUT2D eigenvalue weighted by Gasteiger charge is -2.10. The molecule has 1 atom stereocenters. The van der Waals surface area contributed by atoms with Crippen LogP contribution in [0.4, 0.5) is 10.1 Å². The maximum Gasteiger partial charge on any atom is 0.224 e. The average Bonchev–Trinajstić information content (AvgIpc) is 2.30. The van der Waals surface area contributed by atoms with Gasteiger partial charge in [-0.1, -0.05) is 6.92 Å². The molecule has 19 heavy (non-hydrogen) atoms. The molecule has 0 saturated heterocycles. The van der Waals surface area contributed by atoms with Gasteiger partial charge in [0, 0.05) is 12.7 Å². The molecule has 0 bridgehead atoms. The van der Waals surface area contributed by atoms with Gasteiger partial charge in [-0.05, 0) is 30.7 Å². The number of carbonyl (C=O) groups excluding carboxylic acids is 1. The molecule has 0 aliphatic rings. The van der Waals surface area contributed by atoms with Crippen LogP contribution in [0.25, 0.3) is 0 Å². The van der Waals surface area contributed by atoms with E-state index in [1.165, 1.54) is 0 Å². The van der Waals surface area contributed by atoms with Crippen molar-refractivity contribution in [1.82, 2.24) is 0 Å². The molecule has 1 aromatic rings. The molecule has 0 heterocycles. The second kappa shape index (κ2) is 6.12. The SMILES string of the molecule is CC(CN)CC(=O)Nc1cc(S(C)(=O)=O)ccc1F. The van der Waals surface area contributed by atoms with Crippen molar-refractivity contribution in [2.45, 2.75) is 18.2 Å². The van der Waals surface area contributed by atoms with Gasteiger partial charge in [0.15, 0.2) is 9.84 Å². The summed E-state index contributed by atoms with van der Waals surface area (Å²) in [4.78, 5) is 11.6. The van der Waals surface area contributed by atoms with E-state index in [0.29, 0.717) is 6.54 Å². The molecule has 0 radical (unpaired) electrons. The molecule has 3 N–H and O–H groups in total. The third-order valence-electron chi connectivity index (χ3n) is 2.58. The van der Waals surface area contributed by atoms with Crippen molar-refractivity contribution in [3.8, 4) is 0 Å². The van der Waals surface area contributed by atoms with Crippen LogP contribution in [-0.4, -0.2) is 27.1 Å². The molecule has 106 valence electrons. The molecule has 5 nitrogen and oxygen atoms in total. The van der Waals surface area contributed by atoms with Crippen LogP contribution < -0.4 is 11.1 Å². The van der Waals surface area contributed by atoms with Crippen LogP contribution >= 0.6 is 0 Å². The van der Waals surface area contributed by atoms with Gasteiger partial charge in [0.05, 0.1) is 10.6 Å². The van der Waals surface area contributed by atoms with Crippen LogP contribution in [0.3, 0.4) is 0 Å². The Morgan fingerprint density at radius 3 is 2.63 bits per heavy atom. The van der Waals surface area contributed by atoms with E-state index in [1.54, 1.807) is 6.92 Å². The first-order valence-corrected chi connectivity index (χ1v) is 7.62. The maximum absolute atomic E-state index is 13.5. The van der Waals surface area contributed by atoms with Gasteiger partial charge in [0.2, 0.25) is 5.91 Å². The Morgan fingerprint density at radius 1 is 1.47 bits per heavy atom. The fraction of sp³-hybridized carbons (Fsp3) is 0.417. The molecule has 1 aromatic carbocycles. The standard InChI is InChI=1S/C12H17FN2O3S/c1-8(7-14)5-12(16)15-11-6-9(19(2,17)18)3-4-10(11)13/h3-4,6,8H,5,7,14H2,1-2H3,(H,15,16). The van der Waals surface area contributed by atoms with Gasteiger partial charge in [-0.3, -0.25) is 4.79 Å². The van der Waals surface area contributed by atoms with Gasteiger partial charge in [-0.25, -0.2) is 12.8 Å². The summed E-state index contributed by atoms with van der Waals surface area (Å²) in [7, 11) is -3.44. The van der Waals surface area contributed by atoms with Crippen LogP contribution in [0.1, 0.15) is 13.3 Å². The molecule has 0 aliphatic heterocycles. The van der Waals surface area contributed by atoms with Gasteiger partial charge in [0.25, 0.3) is 0 Å². The van der Waals surface area contributed by atoms with Gasteiger partial charge in [-0.15, -0.1) is 0 Å². The lowest BCUT2D eigenvalue weighted by atomic mass is 10.1. The summed E-state index contributed by atoms with van der Waals surface area (Å²) in [6, 6.07) is 3.27. The van der Waals surface area contributed by atoms with E-state index in [1.807, 2.05) is 0 Å². The van der Waals surface area contributed by atoms with Crippen molar-refractivity contribution in [3.05, 3.63) is 24.0 Å². The summed E-state index contributed by atoms with van der Waals surface area (Å²) in [5, 5.41) is 2.35. The first-order chi connectivity index (χ1) is 8.74. The number of amides is 1. The van der Waals surface area contributed by atoms with E-state index >= 15 is 0 Å². The maximum atomic E-state index is 13.5. The minimum Gasteiger partial charge on any atom is -0.330 e. The molecule has 0 fully saturated rings. The molecule has 1 unspecified atom stereocenters. The molecular weight excluding hydrogens is 271 g/mol.